The van der Waals surface area contributed by atoms with Gasteiger partial charge in [0.2, 0.25) is 0 Å². The molecule has 0 fully saturated rings. The molecular weight excluding hydrogens is 255 g/mol. The molecule has 0 radical (unpaired) electrons. The van der Waals surface area contributed by atoms with Gasteiger partial charge in [0.05, 0.1) is 6.10 Å². The molecule has 20 heavy (non-hydrogen) atoms. The molecule has 0 amide bonds. The van der Waals surface area contributed by atoms with Crippen LogP contribution in [-0.2, 0) is 13.0 Å². The molecule has 1 aliphatic rings. The summed E-state index contributed by atoms with van der Waals surface area (Å²) in [4.78, 5) is 0. The fourth-order valence-electron chi connectivity index (χ4n) is 2.71. The number of rotatable bonds is 3. The quantitative estimate of drug-likeness (QED) is 0.921. The summed E-state index contributed by atoms with van der Waals surface area (Å²) in [5.74, 6) is 0.544. The van der Waals surface area contributed by atoms with E-state index in [0.717, 1.165) is 41.7 Å². The summed E-state index contributed by atoms with van der Waals surface area (Å²) in [6.45, 7) is 0.338. The molecule has 0 saturated heterocycles. The molecule has 0 aliphatic heterocycles. The molecule has 1 atom stereocenters. The third-order valence-electron chi connectivity index (χ3n) is 3.72. The SMILES string of the molecule is OC1CCCc2c(OCc3cccc(F)c3)cccc21. The standard InChI is InChI=1S/C17H17FO2/c18-13-5-1-4-12(10-13)11-20-17-9-3-6-14-15(17)7-2-8-16(14)19/h1,3-6,9-10,16,19H,2,7-8,11H2. The highest BCUT2D eigenvalue weighted by molar-refractivity contribution is 5.43. The van der Waals surface area contributed by atoms with E-state index in [-0.39, 0.29) is 5.82 Å². The number of aliphatic hydroxyl groups excluding tert-OH is 1. The van der Waals surface area contributed by atoms with Crippen molar-refractivity contribution in [1.29, 1.82) is 0 Å². The normalized spacial score (nSPS) is 17.6. The first-order chi connectivity index (χ1) is 9.74. The summed E-state index contributed by atoms with van der Waals surface area (Å²) in [7, 11) is 0. The van der Waals surface area contributed by atoms with Crippen LogP contribution in [0.15, 0.2) is 42.5 Å². The second-order valence-corrected chi connectivity index (χ2v) is 5.15. The van der Waals surface area contributed by atoms with Crippen molar-refractivity contribution in [2.45, 2.75) is 32.0 Å². The molecule has 2 aromatic rings. The fourth-order valence-corrected chi connectivity index (χ4v) is 2.71. The van der Waals surface area contributed by atoms with Gasteiger partial charge >= 0.3 is 0 Å². The van der Waals surface area contributed by atoms with Gasteiger partial charge in [0.25, 0.3) is 0 Å². The largest absolute Gasteiger partial charge is 0.489 e. The Hall–Kier alpha value is -1.87. The van der Waals surface area contributed by atoms with E-state index in [1.807, 2.05) is 24.3 Å². The maximum absolute atomic E-state index is 13.1. The Balaban J connectivity index is 1.80. The Kier molecular flexibility index (Phi) is 3.70. The van der Waals surface area contributed by atoms with Crippen LogP contribution in [0.25, 0.3) is 0 Å². The Labute approximate surface area is 117 Å². The minimum Gasteiger partial charge on any atom is -0.489 e. The molecule has 3 rings (SSSR count). The first-order valence-electron chi connectivity index (χ1n) is 6.91. The number of aliphatic hydroxyl groups is 1. The van der Waals surface area contributed by atoms with Gasteiger partial charge in [0.15, 0.2) is 0 Å². The average molecular weight is 272 g/mol. The smallest absolute Gasteiger partial charge is 0.123 e. The molecule has 1 N–H and O–H groups in total. The lowest BCUT2D eigenvalue weighted by molar-refractivity contribution is 0.155. The Morgan fingerprint density at radius 2 is 2.05 bits per heavy atom. The summed E-state index contributed by atoms with van der Waals surface area (Å²) in [5.41, 5.74) is 2.86. The number of halogens is 1. The molecule has 0 spiro atoms. The van der Waals surface area contributed by atoms with Crippen molar-refractivity contribution < 1.29 is 14.2 Å². The maximum atomic E-state index is 13.1. The minimum absolute atomic E-state index is 0.253. The van der Waals surface area contributed by atoms with Crippen molar-refractivity contribution in [3.05, 3.63) is 65.0 Å². The van der Waals surface area contributed by atoms with Crippen molar-refractivity contribution in [2.24, 2.45) is 0 Å². The van der Waals surface area contributed by atoms with Crippen LogP contribution in [0.5, 0.6) is 5.75 Å². The van der Waals surface area contributed by atoms with Crippen LogP contribution in [-0.4, -0.2) is 5.11 Å². The lowest BCUT2D eigenvalue weighted by atomic mass is 9.89. The van der Waals surface area contributed by atoms with Crippen molar-refractivity contribution in [1.82, 2.24) is 0 Å². The predicted octanol–water partition coefficient (Wildman–Crippen LogP) is 3.77. The molecular formula is C17H17FO2. The van der Waals surface area contributed by atoms with E-state index in [2.05, 4.69) is 0 Å². The molecule has 3 heteroatoms. The predicted molar refractivity (Wildman–Crippen MR) is 75.1 cm³/mol. The zero-order valence-electron chi connectivity index (χ0n) is 11.2. The number of ether oxygens (including phenoxy) is 1. The molecule has 0 aromatic heterocycles. The van der Waals surface area contributed by atoms with Gasteiger partial charge in [-0.3, -0.25) is 0 Å². The van der Waals surface area contributed by atoms with Crippen molar-refractivity contribution in [2.75, 3.05) is 0 Å². The van der Waals surface area contributed by atoms with Gasteiger partial charge in [-0.15, -0.1) is 0 Å². The van der Waals surface area contributed by atoms with E-state index in [9.17, 15) is 9.50 Å². The van der Waals surface area contributed by atoms with Gasteiger partial charge in [-0.25, -0.2) is 4.39 Å². The first-order valence-corrected chi connectivity index (χ1v) is 6.91. The summed E-state index contributed by atoms with van der Waals surface area (Å²) in [5, 5.41) is 10.0. The van der Waals surface area contributed by atoms with Crippen molar-refractivity contribution in [3.8, 4) is 5.75 Å². The van der Waals surface area contributed by atoms with Crippen LogP contribution in [0, 0.1) is 5.82 Å². The van der Waals surface area contributed by atoms with E-state index in [1.165, 1.54) is 12.1 Å². The van der Waals surface area contributed by atoms with Crippen LogP contribution in [0.4, 0.5) is 4.39 Å². The molecule has 104 valence electrons. The molecule has 1 unspecified atom stereocenters. The molecule has 0 bridgehead atoms. The highest BCUT2D eigenvalue weighted by Gasteiger charge is 2.20. The summed E-state index contributed by atoms with van der Waals surface area (Å²) < 4.78 is 18.9. The van der Waals surface area contributed by atoms with Crippen LogP contribution in [0.3, 0.4) is 0 Å². The number of benzene rings is 2. The summed E-state index contributed by atoms with van der Waals surface area (Å²) >= 11 is 0. The minimum atomic E-state index is -0.392. The monoisotopic (exact) mass is 272 g/mol. The molecule has 2 nitrogen and oxygen atoms in total. The van der Waals surface area contributed by atoms with Gasteiger partial charge < -0.3 is 9.84 Å². The van der Waals surface area contributed by atoms with Gasteiger partial charge in [0.1, 0.15) is 18.2 Å². The van der Waals surface area contributed by atoms with Gasteiger partial charge in [-0.05, 0) is 54.2 Å². The lowest BCUT2D eigenvalue weighted by Crippen LogP contribution is -2.11. The van der Waals surface area contributed by atoms with E-state index < -0.39 is 6.10 Å². The lowest BCUT2D eigenvalue weighted by Gasteiger charge is -2.23. The van der Waals surface area contributed by atoms with Crippen molar-refractivity contribution in [3.63, 3.8) is 0 Å². The van der Waals surface area contributed by atoms with Gasteiger partial charge in [0, 0.05) is 0 Å². The van der Waals surface area contributed by atoms with E-state index in [1.54, 1.807) is 6.07 Å². The van der Waals surface area contributed by atoms with Gasteiger partial charge in [-0.1, -0.05) is 24.3 Å². The highest BCUT2D eigenvalue weighted by Crippen LogP contribution is 2.35. The summed E-state index contributed by atoms with van der Waals surface area (Å²) in [6, 6.07) is 12.2. The second kappa shape index (κ2) is 5.63. The fraction of sp³-hybridized carbons (Fsp3) is 0.294. The Bertz CT molecular complexity index is 610. The maximum Gasteiger partial charge on any atom is 0.123 e. The average Bonchev–Trinajstić information content (AvgIpc) is 2.46. The molecule has 2 aromatic carbocycles. The Morgan fingerprint density at radius 1 is 1.20 bits per heavy atom. The number of hydrogen-bond donors (Lipinski definition) is 1. The van der Waals surface area contributed by atoms with Crippen LogP contribution in [0.2, 0.25) is 0 Å². The summed E-state index contributed by atoms with van der Waals surface area (Å²) in [6.07, 6.45) is 2.30. The van der Waals surface area contributed by atoms with Crippen LogP contribution >= 0.6 is 0 Å². The van der Waals surface area contributed by atoms with Gasteiger partial charge in [-0.2, -0.15) is 0 Å². The zero-order chi connectivity index (χ0) is 13.9. The van der Waals surface area contributed by atoms with Crippen LogP contribution in [0.1, 0.15) is 35.6 Å². The van der Waals surface area contributed by atoms with E-state index in [4.69, 9.17) is 4.74 Å². The first kappa shape index (κ1) is 13.1. The molecule has 0 heterocycles. The number of fused-ring (bicyclic) bond motifs is 1. The van der Waals surface area contributed by atoms with E-state index >= 15 is 0 Å². The topological polar surface area (TPSA) is 29.5 Å². The van der Waals surface area contributed by atoms with E-state index in [0.29, 0.717) is 6.61 Å². The molecule has 1 aliphatic carbocycles. The highest BCUT2D eigenvalue weighted by atomic mass is 19.1. The number of hydrogen-bond acceptors (Lipinski definition) is 2. The second-order valence-electron chi connectivity index (χ2n) is 5.15. The third kappa shape index (κ3) is 2.68. The zero-order valence-corrected chi connectivity index (χ0v) is 11.2. The Morgan fingerprint density at radius 3 is 2.90 bits per heavy atom. The van der Waals surface area contributed by atoms with Crippen molar-refractivity contribution >= 4 is 0 Å². The van der Waals surface area contributed by atoms with Crippen LogP contribution < -0.4 is 4.74 Å². The molecule has 0 saturated carbocycles. The third-order valence-corrected chi connectivity index (χ3v) is 3.72.